The molecule has 2 atom stereocenters. The molecule has 1 fully saturated rings. The molecule has 40 heavy (non-hydrogen) atoms. The summed E-state index contributed by atoms with van der Waals surface area (Å²) in [7, 11) is 6.34. The third-order valence-electron chi connectivity index (χ3n) is 8.25. The second-order valence-electron chi connectivity index (χ2n) is 10.5. The average Bonchev–Trinajstić information content (AvgIpc) is 3.48. The van der Waals surface area contributed by atoms with Gasteiger partial charge in [0.05, 0.1) is 39.9 Å². The lowest BCUT2D eigenvalue weighted by Crippen LogP contribution is -2.36. The summed E-state index contributed by atoms with van der Waals surface area (Å²) in [5.74, 6) is 1.16. The first-order valence-corrected chi connectivity index (χ1v) is 13.8. The van der Waals surface area contributed by atoms with Crippen molar-refractivity contribution in [2.45, 2.75) is 63.4 Å². The van der Waals surface area contributed by atoms with Gasteiger partial charge in [0.2, 0.25) is 0 Å². The fraction of sp³-hybridized carbons (Fsp3) is 0.438. The van der Waals surface area contributed by atoms with Gasteiger partial charge in [0.15, 0.2) is 28.8 Å². The summed E-state index contributed by atoms with van der Waals surface area (Å²) in [5.41, 5.74) is 4.19. The monoisotopic (exact) mass is 547 g/mol. The Hall–Kier alpha value is -3.94. The Balaban J connectivity index is 1.59. The fourth-order valence-electron chi connectivity index (χ4n) is 6.32. The number of rotatable bonds is 8. The van der Waals surface area contributed by atoms with Crippen molar-refractivity contribution < 1.29 is 33.3 Å². The van der Waals surface area contributed by atoms with Crippen LogP contribution in [0.5, 0.6) is 23.0 Å². The van der Waals surface area contributed by atoms with Crippen molar-refractivity contribution in [2.75, 3.05) is 28.4 Å². The molecule has 1 aliphatic heterocycles. The van der Waals surface area contributed by atoms with Crippen LogP contribution in [0.25, 0.3) is 0 Å². The van der Waals surface area contributed by atoms with Gasteiger partial charge in [-0.15, -0.1) is 0 Å². The van der Waals surface area contributed by atoms with Gasteiger partial charge >= 0.3 is 5.97 Å². The number of benzene rings is 2. The van der Waals surface area contributed by atoms with Crippen LogP contribution in [0.3, 0.4) is 0 Å². The fourth-order valence-corrected chi connectivity index (χ4v) is 6.32. The topological polar surface area (TPSA) is 92.3 Å². The Kier molecular flexibility index (Phi) is 8.05. The van der Waals surface area contributed by atoms with E-state index in [4.69, 9.17) is 23.7 Å². The largest absolute Gasteiger partial charge is 0.493 e. The molecule has 2 aromatic rings. The third kappa shape index (κ3) is 5.03. The molecule has 0 aromatic heterocycles. The van der Waals surface area contributed by atoms with E-state index < -0.39 is 11.9 Å². The third-order valence-corrected chi connectivity index (χ3v) is 8.25. The Morgan fingerprint density at radius 1 is 0.875 bits per heavy atom. The van der Waals surface area contributed by atoms with E-state index >= 15 is 0 Å². The zero-order chi connectivity index (χ0) is 28.4. The van der Waals surface area contributed by atoms with Crippen molar-refractivity contribution in [1.82, 2.24) is 5.32 Å². The maximum absolute atomic E-state index is 14.0. The molecule has 0 bridgehead atoms. The minimum absolute atomic E-state index is 0.0259. The summed E-state index contributed by atoms with van der Waals surface area (Å²) in [4.78, 5) is 27.8. The first-order valence-electron chi connectivity index (χ1n) is 13.8. The molecule has 1 saturated carbocycles. The first kappa shape index (κ1) is 27.6. The number of ether oxygens (including phenoxy) is 5. The number of carbonyl (C=O) groups is 2. The van der Waals surface area contributed by atoms with Gasteiger partial charge in [-0.25, -0.2) is 4.79 Å². The predicted octanol–water partition coefficient (Wildman–Crippen LogP) is 5.57. The molecule has 2 aliphatic carbocycles. The van der Waals surface area contributed by atoms with Crippen LogP contribution in [0.2, 0.25) is 0 Å². The molecule has 0 radical (unpaired) electrons. The first-order chi connectivity index (χ1) is 19.4. The summed E-state index contributed by atoms with van der Waals surface area (Å²) < 4.78 is 28.3. The smallest absolute Gasteiger partial charge is 0.337 e. The zero-order valence-electron chi connectivity index (χ0n) is 23.8. The summed E-state index contributed by atoms with van der Waals surface area (Å²) >= 11 is 0. The zero-order valence-corrected chi connectivity index (χ0v) is 23.8. The van der Waals surface area contributed by atoms with Crippen molar-refractivity contribution >= 4 is 11.8 Å². The molecule has 2 aromatic carbocycles. The lowest BCUT2D eigenvalue weighted by molar-refractivity contribution is -0.144. The molecular formula is C32H37NO7. The molecule has 0 saturated heterocycles. The van der Waals surface area contributed by atoms with Crippen LogP contribution >= 0.6 is 0 Å². The highest BCUT2D eigenvalue weighted by Crippen LogP contribution is 2.50. The molecule has 1 heterocycles. The van der Waals surface area contributed by atoms with E-state index in [0.29, 0.717) is 58.2 Å². The van der Waals surface area contributed by atoms with E-state index in [9.17, 15) is 9.59 Å². The molecular weight excluding hydrogens is 510 g/mol. The molecule has 3 aliphatic rings. The standard InChI is InChI=1S/C32H37NO7/c1-18-28(32(35)40-21-9-6-7-10-21)29(22-11-8-12-26(37-3)31(22)39-5)30-23(33-18)15-20(16-24(30)34)19-13-14-25(36-2)27(17-19)38-4/h8,11-14,17,20-21,29,33H,6-7,9-10,15-16H2,1-5H3. The second-order valence-corrected chi connectivity index (χ2v) is 10.5. The number of hydrogen-bond acceptors (Lipinski definition) is 8. The molecule has 1 N–H and O–H groups in total. The van der Waals surface area contributed by atoms with Crippen molar-refractivity contribution in [3.63, 3.8) is 0 Å². The summed E-state index contributed by atoms with van der Waals surface area (Å²) in [6, 6.07) is 11.3. The van der Waals surface area contributed by atoms with Crippen molar-refractivity contribution in [3.05, 3.63) is 70.1 Å². The number of esters is 1. The van der Waals surface area contributed by atoms with Gasteiger partial charge in [0.1, 0.15) is 6.10 Å². The minimum Gasteiger partial charge on any atom is -0.493 e. The number of nitrogens with one attached hydrogen (secondary N) is 1. The number of allylic oxidation sites excluding steroid dienone is 3. The van der Waals surface area contributed by atoms with E-state index in [1.807, 2.05) is 43.3 Å². The van der Waals surface area contributed by atoms with Gasteiger partial charge in [-0.1, -0.05) is 18.2 Å². The molecule has 8 heteroatoms. The Morgan fingerprint density at radius 2 is 1.60 bits per heavy atom. The van der Waals surface area contributed by atoms with E-state index in [2.05, 4.69) is 5.32 Å². The number of hydrogen-bond donors (Lipinski definition) is 1. The number of ketones is 1. The van der Waals surface area contributed by atoms with E-state index in [1.54, 1.807) is 28.4 Å². The summed E-state index contributed by atoms with van der Waals surface area (Å²) in [6.07, 6.45) is 4.61. The van der Waals surface area contributed by atoms with Crippen LogP contribution in [0.1, 0.15) is 68.4 Å². The number of dihydropyridines is 1. The molecule has 212 valence electrons. The SMILES string of the molecule is COc1ccc(C2CC(=O)C3=C(C2)NC(C)=C(C(=O)OC2CCCC2)C3c2cccc(OC)c2OC)cc1OC. The average molecular weight is 548 g/mol. The van der Waals surface area contributed by atoms with Crippen LogP contribution in [0, 0.1) is 0 Å². The van der Waals surface area contributed by atoms with Crippen LogP contribution in [-0.2, 0) is 14.3 Å². The van der Waals surface area contributed by atoms with Crippen molar-refractivity contribution in [1.29, 1.82) is 0 Å². The van der Waals surface area contributed by atoms with E-state index in [0.717, 1.165) is 36.9 Å². The molecule has 5 rings (SSSR count). The van der Waals surface area contributed by atoms with Crippen LogP contribution < -0.4 is 24.3 Å². The second kappa shape index (κ2) is 11.7. The summed E-state index contributed by atoms with van der Waals surface area (Å²) in [6.45, 7) is 1.87. The van der Waals surface area contributed by atoms with Gasteiger partial charge in [0, 0.05) is 29.0 Å². The Bertz CT molecular complexity index is 1370. The quantitative estimate of drug-likeness (QED) is 0.429. The van der Waals surface area contributed by atoms with Gasteiger partial charge in [-0.05, 0) is 68.7 Å². The minimum atomic E-state index is -0.644. The van der Waals surface area contributed by atoms with Crippen LogP contribution in [0.4, 0.5) is 0 Å². The predicted molar refractivity (Wildman–Crippen MR) is 150 cm³/mol. The van der Waals surface area contributed by atoms with Crippen LogP contribution in [0.15, 0.2) is 58.9 Å². The maximum atomic E-state index is 14.0. The number of carbonyl (C=O) groups excluding carboxylic acids is 2. The molecule has 0 spiro atoms. The summed E-state index contributed by atoms with van der Waals surface area (Å²) in [5, 5.41) is 3.43. The Labute approximate surface area is 235 Å². The Morgan fingerprint density at radius 3 is 2.27 bits per heavy atom. The number of para-hydroxylation sites is 1. The van der Waals surface area contributed by atoms with Crippen molar-refractivity contribution in [3.8, 4) is 23.0 Å². The highest BCUT2D eigenvalue weighted by atomic mass is 16.5. The van der Waals surface area contributed by atoms with Gasteiger partial charge in [-0.3, -0.25) is 4.79 Å². The van der Waals surface area contributed by atoms with Crippen LogP contribution in [-0.4, -0.2) is 46.3 Å². The van der Waals surface area contributed by atoms with Crippen molar-refractivity contribution in [2.24, 2.45) is 0 Å². The number of methoxy groups -OCH3 is 4. The van der Waals surface area contributed by atoms with E-state index in [-0.39, 0.29) is 17.8 Å². The molecule has 8 nitrogen and oxygen atoms in total. The molecule has 2 unspecified atom stereocenters. The molecule has 0 amide bonds. The lowest BCUT2D eigenvalue weighted by Gasteiger charge is -2.37. The normalized spacial score (nSPS) is 21.1. The highest BCUT2D eigenvalue weighted by molar-refractivity contribution is 6.04. The van der Waals surface area contributed by atoms with Gasteiger partial charge in [0.25, 0.3) is 0 Å². The number of Topliss-reactive ketones (excluding diaryl/α,β-unsaturated/α-hetero) is 1. The van der Waals surface area contributed by atoms with Gasteiger partial charge in [-0.2, -0.15) is 0 Å². The highest BCUT2D eigenvalue weighted by Gasteiger charge is 2.43. The van der Waals surface area contributed by atoms with Gasteiger partial charge < -0.3 is 29.0 Å². The maximum Gasteiger partial charge on any atom is 0.337 e. The van der Waals surface area contributed by atoms with E-state index in [1.165, 1.54) is 0 Å². The lowest BCUT2D eigenvalue weighted by atomic mass is 9.71.